The molecule has 2 rings (SSSR count). The molecule has 1 saturated carbocycles. The van der Waals surface area contributed by atoms with E-state index in [4.69, 9.17) is 5.73 Å². The van der Waals surface area contributed by atoms with E-state index in [0.29, 0.717) is 12.0 Å². The summed E-state index contributed by atoms with van der Waals surface area (Å²) in [5.41, 5.74) is 6.02. The first-order chi connectivity index (χ1) is 6.36. The van der Waals surface area contributed by atoms with E-state index in [1.165, 1.54) is 30.6 Å². The molecule has 2 nitrogen and oxygen atoms in total. The maximum atomic E-state index is 6.02. The van der Waals surface area contributed by atoms with E-state index >= 15 is 0 Å². The van der Waals surface area contributed by atoms with Gasteiger partial charge in [-0.3, -0.25) is 0 Å². The third-order valence-corrected chi connectivity index (χ3v) is 3.73. The van der Waals surface area contributed by atoms with Crippen LogP contribution in [0.4, 0.5) is 0 Å². The van der Waals surface area contributed by atoms with Gasteiger partial charge >= 0.3 is 0 Å². The Morgan fingerprint density at radius 1 is 1.38 bits per heavy atom. The lowest BCUT2D eigenvalue weighted by molar-refractivity contribution is 0.541. The predicted molar refractivity (Wildman–Crippen MR) is 55.9 cm³/mol. The van der Waals surface area contributed by atoms with Crippen molar-refractivity contribution >= 4 is 11.5 Å². The molecule has 0 aromatic carbocycles. The van der Waals surface area contributed by atoms with Crippen molar-refractivity contribution < 1.29 is 0 Å². The van der Waals surface area contributed by atoms with Crippen LogP contribution in [-0.2, 0) is 0 Å². The second-order valence-electron chi connectivity index (χ2n) is 3.89. The summed E-state index contributed by atoms with van der Waals surface area (Å²) in [6.45, 7) is 0. The lowest BCUT2D eigenvalue weighted by Gasteiger charge is -2.14. The van der Waals surface area contributed by atoms with Crippen molar-refractivity contribution in [2.24, 2.45) is 5.73 Å². The zero-order valence-corrected chi connectivity index (χ0v) is 8.59. The van der Waals surface area contributed by atoms with E-state index < -0.39 is 0 Å². The molecule has 2 unspecified atom stereocenters. The quantitative estimate of drug-likeness (QED) is 0.701. The summed E-state index contributed by atoms with van der Waals surface area (Å²) in [6.07, 6.45) is 8.19. The minimum absolute atomic E-state index is 0.412. The molecule has 72 valence electrons. The van der Waals surface area contributed by atoms with Gasteiger partial charge in [-0.25, -0.2) is 4.37 Å². The van der Waals surface area contributed by atoms with Crippen LogP contribution >= 0.6 is 11.5 Å². The van der Waals surface area contributed by atoms with Crippen LogP contribution in [0.2, 0.25) is 0 Å². The Bertz CT molecular complexity index is 245. The smallest absolute Gasteiger partial charge is 0.0409 e. The van der Waals surface area contributed by atoms with E-state index in [-0.39, 0.29) is 0 Å². The van der Waals surface area contributed by atoms with Crippen LogP contribution in [0, 0.1) is 0 Å². The van der Waals surface area contributed by atoms with E-state index in [9.17, 15) is 0 Å². The second kappa shape index (κ2) is 4.20. The van der Waals surface area contributed by atoms with Crippen LogP contribution < -0.4 is 5.73 Å². The van der Waals surface area contributed by atoms with E-state index in [1.807, 2.05) is 6.20 Å². The molecular formula is C10H16N2S. The van der Waals surface area contributed by atoms with Crippen molar-refractivity contribution in [3.05, 3.63) is 17.1 Å². The molecule has 0 saturated heterocycles. The highest BCUT2D eigenvalue weighted by molar-refractivity contribution is 7.05. The summed E-state index contributed by atoms with van der Waals surface area (Å²) in [7, 11) is 0. The Labute approximate surface area is 83.3 Å². The van der Waals surface area contributed by atoms with E-state index in [2.05, 4.69) is 10.4 Å². The third-order valence-electron chi connectivity index (χ3n) is 2.82. The van der Waals surface area contributed by atoms with Crippen molar-refractivity contribution in [2.75, 3.05) is 0 Å². The summed E-state index contributed by atoms with van der Waals surface area (Å²) in [6, 6.07) is 2.56. The first-order valence-corrected chi connectivity index (χ1v) is 5.80. The number of hydrogen-bond acceptors (Lipinski definition) is 3. The number of nitrogens with two attached hydrogens (primary N) is 1. The molecule has 1 heterocycles. The average molecular weight is 196 g/mol. The van der Waals surface area contributed by atoms with Gasteiger partial charge in [-0.1, -0.05) is 12.8 Å². The molecule has 3 heteroatoms. The minimum atomic E-state index is 0.412. The number of nitrogens with zero attached hydrogens (tertiary/aromatic N) is 1. The Hall–Kier alpha value is -0.410. The lowest BCUT2D eigenvalue weighted by Crippen LogP contribution is -2.20. The molecule has 1 aromatic rings. The van der Waals surface area contributed by atoms with Crippen molar-refractivity contribution in [1.82, 2.24) is 4.37 Å². The summed E-state index contributed by atoms with van der Waals surface area (Å²) in [4.78, 5) is 1.43. The number of hydrogen-bond donors (Lipinski definition) is 1. The standard InChI is InChI=1S/C10H16N2S/c11-9-4-2-1-3-8(7-9)10-5-6-12-13-10/h5-6,8-9H,1-4,7,11H2. The van der Waals surface area contributed by atoms with Crippen molar-refractivity contribution in [3.63, 3.8) is 0 Å². The number of aromatic nitrogens is 1. The van der Waals surface area contributed by atoms with Gasteiger partial charge < -0.3 is 5.73 Å². The van der Waals surface area contributed by atoms with Crippen molar-refractivity contribution in [2.45, 2.75) is 44.1 Å². The molecule has 1 fully saturated rings. The van der Waals surface area contributed by atoms with Gasteiger partial charge in [-0.2, -0.15) is 0 Å². The summed E-state index contributed by atoms with van der Waals surface area (Å²) < 4.78 is 4.15. The Morgan fingerprint density at radius 2 is 2.23 bits per heavy atom. The average Bonchev–Trinajstić information content (AvgIpc) is 2.56. The molecule has 0 spiro atoms. The Kier molecular flexibility index (Phi) is 2.96. The molecular weight excluding hydrogens is 180 g/mol. The lowest BCUT2D eigenvalue weighted by atomic mass is 9.97. The molecule has 0 amide bonds. The van der Waals surface area contributed by atoms with Crippen molar-refractivity contribution in [3.8, 4) is 0 Å². The highest BCUT2D eigenvalue weighted by atomic mass is 32.1. The molecule has 13 heavy (non-hydrogen) atoms. The zero-order chi connectivity index (χ0) is 9.10. The van der Waals surface area contributed by atoms with Gasteiger partial charge in [0.05, 0.1) is 0 Å². The molecule has 0 radical (unpaired) electrons. The van der Waals surface area contributed by atoms with Crippen LogP contribution in [0.25, 0.3) is 0 Å². The molecule has 2 atom stereocenters. The van der Waals surface area contributed by atoms with E-state index in [0.717, 1.165) is 6.42 Å². The molecule has 1 aromatic heterocycles. The van der Waals surface area contributed by atoms with Gasteiger partial charge in [0, 0.05) is 17.1 Å². The SMILES string of the molecule is NC1CCCCC(c2ccns2)C1. The van der Waals surface area contributed by atoms with Crippen molar-refractivity contribution in [1.29, 1.82) is 0 Å². The van der Waals surface area contributed by atoms with Gasteiger partial charge in [0.15, 0.2) is 0 Å². The van der Waals surface area contributed by atoms with Crippen LogP contribution in [0.15, 0.2) is 12.3 Å². The maximum Gasteiger partial charge on any atom is 0.0409 e. The van der Waals surface area contributed by atoms with Gasteiger partial charge in [-0.15, -0.1) is 0 Å². The highest BCUT2D eigenvalue weighted by Crippen LogP contribution is 2.32. The predicted octanol–water partition coefficient (Wildman–Crippen LogP) is 2.52. The van der Waals surface area contributed by atoms with Gasteiger partial charge in [0.1, 0.15) is 0 Å². The highest BCUT2D eigenvalue weighted by Gasteiger charge is 2.19. The van der Waals surface area contributed by atoms with Gasteiger partial charge in [-0.05, 0) is 42.8 Å². The first-order valence-electron chi connectivity index (χ1n) is 5.02. The third kappa shape index (κ3) is 2.29. The molecule has 0 bridgehead atoms. The summed E-state index contributed by atoms with van der Waals surface area (Å²) in [5, 5.41) is 0. The van der Waals surface area contributed by atoms with Crippen LogP contribution in [-0.4, -0.2) is 10.4 Å². The van der Waals surface area contributed by atoms with Crippen LogP contribution in [0.3, 0.4) is 0 Å². The number of rotatable bonds is 1. The fraction of sp³-hybridized carbons (Fsp3) is 0.700. The molecule has 1 aliphatic carbocycles. The normalized spacial score (nSPS) is 29.9. The Morgan fingerprint density at radius 3 is 3.00 bits per heavy atom. The monoisotopic (exact) mass is 196 g/mol. The largest absolute Gasteiger partial charge is 0.328 e. The summed E-state index contributed by atoms with van der Waals surface area (Å²) in [5.74, 6) is 0.685. The van der Waals surface area contributed by atoms with Gasteiger partial charge in [0.25, 0.3) is 0 Å². The molecule has 1 aliphatic rings. The fourth-order valence-electron chi connectivity index (χ4n) is 2.09. The topological polar surface area (TPSA) is 38.9 Å². The molecule has 0 aliphatic heterocycles. The zero-order valence-electron chi connectivity index (χ0n) is 7.78. The van der Waals surface area contributed by atoms with Crippen LogP contribution in [0.1, 0.15) is 42.9 Å². The van der Waals surface area contributed by atoms with Gasteiger partial charge in [0.2, 0.25) is 0 Å². The first kappa shape index (κ1) is 9.16. The Balaban J connectivity index is 2.05. The maximum absolute atomic E-state index is 6.02. The minimum Gasteiger partial charge on any atom is -0.328 e. The van der Waals surface area contributed by atoms with E-state index in [1.54, 1.807) is 11.5 Å². The second-order valence-corrected chi connectivity index (χ2v) is 4.76. The van der Waals surface area contributed by atoms with Crippen LogP contribution in [0.5, 0.6) is 0 Å². The molecule has 2 N–H and O–H groups in total. The summed E-state index contributed by atoms with van der Waals surface area (Å²) >= 11 is 1.64. The fourth-order valence-corrected chi connectivity index (χ4v) is 2.82.